The van der Waals surface area contributed by atoms with Crippen LogP contribution in [0.25, 0.3) is 11.4 Å². The molecule has 0 radical (unpaired) electrons. The van der Waals surface area contributed by atoms with E-state index in [-0.39, 0.29) is 0 Å². The van der Waals surface area contributed by atoms with Gasteiger partial charge in [0.15, 0.2) is 0 Å². The van der Waals surface area contributed by atoms with E-state index < -0.39 is 0 Å². The molecule has 0 aromatic carbocycles. The van der Waals surface area contributed by atoms with Crippen molar-refractivity contribution in [3.8, 4) is 11.4 Å². The summed E-state index contributed by atoms with van der Waals surface area (Å²) < 4.78 is 2.03. The predicted molar refractivity (Wildman–Crippen MR) is 94.4 cm³/mol. The van der Waals surface area contributed by atoms with Crippen LogP contribution in [-0.4, -0.2) is 38.8 Å². The van der Waals surface area contributed by atoms with E-state index in [1.165, 1.54) is 25.1 Å². The van der Waals surface area contributed by atoms with Gasteiger partial charge in [0.25, 0.3) is 0 Å². The summed E-state index contributed by atoms with van der Waals surface area (Å²) in [5, 5.41) is 4.39. The van der Waals surface area contributed by atoms with Crippen molar-refractivity contribution in [2.24, 2.45) is 5.92 Å². The molecule has 23 heavy (non-hydrogen) atoms. The third kappa shape index (κ3) is 3.63. The van der Waals surface area contributed by atoms with E-state index in [1.54, 1.807) is 0 Å². The minimum absolute atomic E-state index is 0.349. The van der Waals surface area contributed by atoms with Crippen LogP contribution in [0.3, 0.4) is 0 Å². The second-order valence-electron chi connectivity index (χ2n) is 7.25. The van der Waals surface area contributed by atoms with Crippen molar-refractivity contribution in [3.63, 3.8) is 0 Å². The smallest absolute Gasteiger partial charge is 0.0883 e. The Morgan fingerprint density at radius 1 is 1.13 bits per heavy atom. The van der Waals surface area contributed by atoms with Crippen molar-refractivity contribution in [1.82, 2.24) is 19.7 Å². The van der Waals surface area contributed by atoms with E-state index in [9.17, 15) is 0 Å². The molecule has 3 rings (SSSR count). The lowest BCUT2D eigenvalue weighted by Crippen LogP contribution is -2.28. The highest BCUT2D eigenvalue weighted by Crippen LogP contribution is 2.24. The van der Waals surface area contributed by atoms with Crippen molar-refractivity contribution < 1.29 is 0 Å². The maximum absolute atomic E-state index is 4.69. The van der Waals surface area contributed by atoms with Gasteiger partial charge in [-0.15, -0.1) is 0 Å². The van der Waals surface area contributed by atoms with Crippen LogP contribution in [0.2, 0.25) is 0 Å². The van der Waals surface area contributed by atoms with Gasteiger partial charge >= 0.3 is 0 Å². The van der Waals surface area contributed by atoms with Gasteiger partial charge in [0, 0.05) is 31.0 Å². The van der Waals surface area contributed by atoms with Crippen molar-refractivity contribution in [2.75, 3.05) is 13.1 Å². The largest absolute Gasteiger partial charge is 0.301 e. The molecule has 0 saturated carbocycles. The zero-order chi connectivity index (χ0) is 16.4. The fourth-order valence-electron chi connectivity index (χ4n) is 3.46. The molecular formula is C19H28N4. The normalized spacial score (nSPS) is 19.1. The summed E-state index contributed by atoms with van der Waals surface area (Å²) in [7, 11) is 0. The van der Waals surface area contributed by atoms with E-state index in [2.05, 4.69) is 54.8 Å². The molecule has 1 aliphatic heterocycles. The molecule has 0 N–H and O–H groups in total. The van der Waals surface area contributed by atoms with Crippen LogP contribution in [0.5, 0.6) is 0 Å². The Hall–Kier alpha value is -1.68. The van der Waals surface area contributed by atoms with Gasteiger partial charge in [0.1, 0.15) is 0 Å². The first-order valence-corrected chi connectivity index (χ1v) is 8.77. The van der Waals surface area contributed by atoms with Gasteiger partial charge in [-0.1, -0.05) is 6.07 Å². The summed E-state index contributed by atoms with van der Waals surface area (Å²) >= 11 is 0. The molecule has 1 fully saturated rings. The van der Waals surface area contributed by atoms with Crippen LogP contribution in [0.4, 0.5) is 0 Å². The highest BCUT2D eigenvalue weighted by atomic mass is 15.3. The molecule has 3 heterocycles. The van der Waals surface area contributed by atoms with Gasteiger partial charge < -0.3 is 4.90 Å². The van der Waals surface area contributed by atoms with Crippen LogP contribution in [0.1, 0.15) is 45.7 Å². The Labute approximate surface area is 139 Å². The maximum Gasteiger partial charge on any atom is 0.0883 e. The van der Waals surface area contributed by atoms with Crippen LogP contribution < -0.4 is 0 Å². The summed E-state index contributed by atoms with van der Waals surface area (Å²) in [6, 6.07) is 7.43. The first-order valence-electron chi connectivity index (χ1n) is 8.77. The quantitative estimate of drug-likeness (QED) is 0.842. The van der Waals surface area contributed by atoms with Crippen LogP contribution >= 0.6 is 0 Å². The molecule has 1 saturated heterocycles. The zero-order valence-electron chi connectivity index (χ0n) is 14.7. The Morgan fingerprint density at radius 2 is 1.96 bits per heavy atom. The van der Waals surface area contributed by atoms with Crippen LogP contribution in [-0.2, 0) is 6.42 Å². The number of hydrogen-bond donors (Lipinski definition) is 0. The van der Waals surface area contributed by atoms with Gasteiger partial charge in [-0.3, -0.25) is 9.67 Å². The molecule has 1 atom stereocenters. The monoisotopic (exact) mass is 312 g/mol. The SMILES string of the molecule is CC(C)N1CC[C@H](Cc2ccc(-c3ccnn3C(C)C)nc2)C1. The first-order chi connectivity index (χ1) is 11.0. The standard InChI is InChI=1S/C19H28N4/c1-14(2)22-10-8-17(13-22)11-16-5-6-18(20-12-16)19-7-9-21-23(19)15(3)4/h5-7,9,12,14-15,17H,8,10-11,13H2,1-4H3/t17-/m1/s1. The zero-order valence-corrected chi connectivity index (χ0v) is 14.7. The number of pyridine rings is 1. The topological polar surface area (TPSA) is 34.0 Å². The number of rotatable bonds is 5. The average molecular weight is 312 g/mol. The van der Waals surface area contributed by atoms with Crippen molar-refractivity contribution in [3.05, 3.63) is 36.2 Å². The van der Waals surface area contributed by atoms with E-state index >= 15 is 0 Å². The van der Waals surface area contributed by atoms with Crippen LogP contribution in [0.15, 0.2) is 30.6 Å². The molecule has 0 aliphatic carbocycles. The molecule has 0 bridgehead atoms. The fraction of sp³-hybridized carbons (Fsp3) is 0.579. The summed E-state index contributed by atoms with van der Waals surface area (Å²) in [6.07, 6.45) is 6.34. The summed E-state index contributed by atoms with van der Waals surface area (Å²) in [5.74, 6) is 0.770. The number of likely N-dealkylation sites (tertiary alicyclic amines) is 1. The lowest BCUT2D eigenvalue weighted by Gasteiger charge is -2.20. The fourth-order valence-corrected chi connectivity index (χ4v) is 3.46. The molecule has 0 unspecified atom stereocenters. The highest BCUT2D eigenvalue weighted by molar-refractivity contribution is 5.54. The lowest BCUT2D eigenvalue weighted by molar-refractivity contribution is 0.265. The first kappa shape index (κ1) is 16.2. The number of aromatic nitrogens is 3. The van der Waals surface area contributed by atoms with E-state index in [0.717, 1.165) is 23.7 Å². The highest BCUT2D eigenvalue weighted by Gasteiger charge is 2.24. The van der Waals surface area contributed by atoms with Gasteiger partial charge in [-0.05, 0) is 70.7 Å². The van der Waals surface area contributed by atoms with E-state index in [1.807, 2.05) is 23.1 Å². The molecule has 0 spiro atoms. The third-order valence-corrected chi connectivity index (χ3v) is 4.82. The summed E-state index contributed by atoms with van der Waals surface area (Å²) in [6.45, 7) is 11.3. The molecule has 124 valence electrons. The van der Waals surface area contributed by atoms with Crippen LogP contribution in [0, 0.1) is 5.92 Å². The molecular weight excluding hydrogens is 284 g/mol. The Balaban J connectivity index is 1.67. The minimum Gasteiger partial charge on any atom is -0.301 e. The third-order valence-electron chi connectivity index (χ3n) is 4.82. The molecule has 4 heteroatoms. The van der Waals surface area contributed by atoms with Gasteiger partial charge in [0.2, 0.25) is 0 Å². The molecule has 2 aromatic rings. The maximum atomic E-state index is 4.69. The number of hydrogen-bond acceptors (Lipinski definition) is 3. The minimum atomic E-state index is 0.349. The van der Waals surface area contributed by atoms with Gasteiger partial charge in [0.05, 0.1) is 11.4 Å². The predicted octanol–water partition coefficient (Wildman–Crippen LogP) is 3.80. The van der Waals surface area contributed by atoms with Gasteiger partial charge in [-0.25, -0.2) is 0 Å². The molecule has 2 aromatic heterocycles. The Kier molecular flexibility index (Phi) is 4.81. The second kappa shape index (κ2) is 6.83. The second-order valence-corrected chi connectivity index (χ2v) is 7.25. The van der Waals surface area contributed by atoms with Crippen molar-refractivity contribution >= 4 is 0 Å². The van der Waals surface area contributed by atoms with Crippen molar-refractivity contribution in [2.45, 2.75) is 52.6 Å². The Bertz CT molecular complexity index is 627. The molecule has 1 aliphatic rings. The van der Waals surface area contributed by atoms with E-state index in [0.29, 0.717) is 12.1 Å². The Morgan fingerprint density at radius 3 is 2.57 bits per heavy atom. The van der Waals surface area contributed by atoms with E-state index in [4.69, 9.17) is 0 Å². The lowest BCUT2D eigenvalue weighted by atomic mass is 9.99. The summed E-state index contributed by atoms with van der Waals surface area (Å²) in [5.41, 5.74) is 3.45. The summed E-state index contributed by atoms with van der Waals surface area (Å²) in [4.78, 5) is 7.26. The average Bonchev–Trinajstić information content (AvgIpc) is 3.17. The molecule has 4 nitrogen and oxygen atoms in total. The number of nitrogens with zero attached hydrogens (tertiary/aromatic N) is 4. The van der Waals surface area contributed by atoms with Gasteiger partial charge in [-0.2, -0.15) is 5.10 Å². The molecule has 0 amide bonds. The van der Waals surface area contributed by atoms with Crippen molar-refractivity contribution in [1.29, 1.82) is 0 Å².